The topological polar surface area (TPSA) is 71.9 Å². The van der Waals surface area contributed by atoms with Crippen LogP contribution in [0.15, 0.2) is 53.8 Å². The fourth-order valence-corrected chi connectivity index (χ4v) is 4.56. The van der Waals surface area contributed by atoms with Crippen LogP contribution in [0.5, 0.6) is 0 Å². The predicted molar refractivity (Wildman–Crippen MR) is 145 cm³/mol. The summed E-state index contributed by atoms with van der Waals surface area (Å²) < 4.78 is 0. The van der Waals surface area contributed by atoms with Crippen LogP contribution in [0, 0.1) is 0 Å². The smallest absolute Gasteiger partial charge is 0.225 e. The molecule has 2 aliphatic heterocycles. The molecule has 2 fully saturated rings. The van der Waals surface area contributed by atoms with E-state index in [2.05, 4.69) is 70.6 Å². The quantitative estimate of drug-likeness (QED) is 0.290. The molecule has 0 saturated carbocycles. The first kappa shape index (κ1) is 25.6. The lowest BCUT2D eigenvalue weighted by molar-refractivity contribution is 0.245. The van der Waals surface area contributed by atoms with Crippen molar-refractivity contribution in [3.05, 3.63) is 54.4 Å². The average molecular weight is 565 g/mol. The van der Waals surface area contributed by atoms with Crippen molar-refractivity contribution in [1.82, 2.24) is 30.4 Å². The third-order valence-electron chi connectivity index (χ3n) is 6.38. The largest absolute Gasteiger partial charge is 0.355 e. The van der Waals surface area contributed by atoms with Gasteiger partial charge in [0.2, 0.25) is 5.95 Å². The summed E-state index contributed by atoms with van der Waals surface area (Å²) in [5, 5.41) is 7.06. The molecular weight excluding hydrogens is 527 g/mol. The second kappa shape index (κ2) is 13.7. The number of likely N-dealkylation sites (tertiary alicyclic amines) is 1. The lowest BCUT2D eigenvalue weighted by atomic mass is 10.1. The van der Waals surface area contributed by atoms with Gasteiger partial charge >= 0.3 is 0 Å². The summed E-state index contributed by atoms with van der Waals surface area (Å²) in [6.45, 7) is 9.06. The van der Waals surface area contributed by atoms with Crippen molar-refractivity contribution in [3.8, 4) is 0 Å². The van der Waals surface area contributed by atoms with E-state index in [1.165, 1.54) is 31.5 Å². The number of nitrogens with one attached hydrogen (secondary N) is 2. The van der Waals surface area contributed by atoms with Crippen LogP contribution >= 0.6 is 24.0 Å². The van der Waals surface area contributed by atoms with Gasteiger partial charge in [0.1, 0.15) is 0 Å². The number of aliphatic imine (C=N–C) groups is 1. The number of hydrogen-bond acceptors (Lipinski definition) is 6. The van der Waals surface area contributed by atoms with Crippen molar-refractivity contribution in [1.29, 1.82) is 0 Å². The Kier molecular flexibility index (Phi) is 10.6. The van der Waals surface area contributed by atoms with E-state index >= 15 is 0 Å². The molecule has 2 N–H and O–H groups in total. The molecule has 3 heterocycles. The number of anilines is 1. The van der Waals surface area contributed by atoms with Gasteiger partial charge in [-0.2, -0.15) is 0 Å². The Morgan fingerprint density at radius 3 is 2.30 bits per heavy atom. The molecular formula is C24H37IN8. The van der Waals surface area contributed by atoms with Crippen LogP contribution in [-0.4, -0.2) is 91.7 Å². The van der Waals surface area contributed by atoms with E-state index in [4.69, 9.17) is 0 Å². The monoisotopic (exact) mass is 564 g/mol. The number of halogens is 1. The number of aromatic nitrogens is 2. The van der Waals surface area contributed by atoms with Crippen molar-refractivity contribution in [3.63, 3.8) is 0 Å². The van der Waals surface area contributed by atoms with Gasteiger partial charge in [-0.05, 0) is 37.6 Å². The van der Waals surface area contributed by atoms with E-state index in [9.17, 15) is 0 Å². The summed E-state index contributed by atoms with van der Waals surface area (Å²) >= 11 is 0. The van der Waals surface area contributed by atoms with Crippen LogP contribution in [0.2, 0.25) is 0 Å². The van der Waals surface area contributed by atoms with Gasteiger partial charge in [-0.25, -0.2) is 9.97 Å². The average Bonchev–Trinajstić information content (AvgIpc) is 3.39. The molecule has 0 radical (unpaired) electrons. The number of hydrogen-bond donors (Lipinski definition) is 2. The van der Waals surface area contributed by atoms with Crippen molar-refractivity contribution in [2.45, 2.75) is 18.9 Å². The van der Waals surface area contributed by atoms with Crippen LogP contribution in [0.3, 0.4) is 0 Å². The maximum atomic E-state index is 4.45. The first-order valence-corrected chi connectivity index (χ1v) is 11.8. The highest BCUT2D eigenvalue weighted by Gasteiger charge is 2.23. The molecule has 2 saturated heterocycles. The fourth-order valence-electron chi connectivity index (χ4n) is 4.56. The molecule has 0 spiro atoms. The molecule has 1 aromatic carbocycles. The van der Waals surface area contributed by atoms with Crippen LogP contribution in [0.4, 0.5) is 5.95 Å². The molecule has 0 amide bonds. The molecule has 1 aromatic heterocycles. The van der Waals surface area contributed by atoms with Crippen molar-refractivity contribution in [2.24, 2.45) is 4.99 Å². The number of piperazine rings is 1. The molecule has 33 heavy (non-hydrogen) atoms. The minimum absolute atomic E-state index is 0. The standard InChI is InChI=1S/C24H36N8.HI/c1-25-23(29-20-22(31-13-5-6-14-31)21-8-3-2-4-9-21)26-12-15-30-16-18-32(19-17-30)24-27-10-7-11-28-24;/h2-4,7-11,22H,5-6,12-20H2,1H3,(H2,25,26,29);1H. The summed E-state index contributed by atoms with van der Waals surface area (Å²) in [6.07, 6.45) is 6.20. The van der Waals surface area contributed by atoms with Crippen LogP contribution < -0.4 is 15.5 Å². The fraction of sp³-hybridized carbons (Fsp3) is 0.542. The Hall–Kier alpha value is -1.98. The third-order valence-corrected chi connectivity index (χ3v) is 6.38. The van der Waals surface area contributed by atoms with E-state index in [0.29, 0.717) is 6.04 Å². The van der Waals surface area contributed by atoms with Gasteiger partial charge in [-0.15, -0.1) is 24.0 Å². The highest BCUT2D eigenvalue weighted by atomic mass is 127. The maximum absolute atomic E-state index is 4.45. The van der Waals surface area contributed by atoms with Gasteiger partial charge in [0.05, 0.1) is 6.04 Å². The van der Waals surface area contributed by atoms with Gasteiger partial charge in [0.25, 0.3) is 0 Å². The molecule has 1 unspecified atom stereocenters. The Labute approximate surface area is 214 Å². The first-order chi connectivity index (χ1) is 15.8. The van der Waals surface area contributed by atoms with Gasteiger partial charge < -0.3 is 15.5 Å². The summed E-state index contributed by atoms with van der Waals surface area (Å²) in [5.41, 5.74) is 1.37. The van der Waals surface area contributed by atoms with Gasteiger partial charge in [0.15, 0.2) is 5.96 Å². The third kappa shape index (κ3) is 7.51. The SMILES string of the molecule is CN=C(NCCN1CCN(c2ncccn2)CC1)NCC(c1ccccc1)N1CCCC1.I. The highest BCUT2D eigenvalue weighted by Crippen LogP contribution is 2.24. The maximum Gasteiger partial charge on any atom is 0.225 e. The second-order valence-corrected chi connectivity index (χ2v) is 8.43. The summed E-state index contributed by atoms with van der Waals surface area (Å²) in [6, 6.07) is 13.1. The second-order valence-electron chi connectivity index (χ2n) is 8.43. The zero-order valence-corrected chi connectivity index (χ0v) is 21.9. The van der Waals surface area contributed by atoms with E-state index < -0.39 is 0 Å². The summed E-state index contributed by atoms with van der Waals surface area (Å²) in [5.74, 6) is 1.71. The minimum Gasteiger partial charge on any atom is -0.355 e. The van der Waals surface area contributed by atoms with Crippen LogP contribution in [0.1, 0.15) is 24.4 Å². The Balaban J connectivity index is 0.00000306. The normalized spacial score (nSPS) is 18.6. The van der Waals surface area contributed by atoms with Crippen LogP contribution in [-0.2, 0) is 0 Å². The van der Waals surface area contributed by atoms with E-state index in [-0.39, 0.29) is 24.0 Å². The molecule has 8 nitrogen and oxygen atoms in total. The molecule has 4 rings (SSSR count). The lowest BCUT2D eigenvalue weighted by Crippen LogP contribution is -2.50. The van der Waals surface area contributed by atoms with Crippen LogP contribution in [0.25, 0.3) is 0 Å². The summed E-state index contributed by atoms with van der Waals surface area (Å²) in [7, 11) is 1.85. The Morgan fingerprint density at radius 1 is 0.939 bits per heavy atom. The molecule has 2 aliphatic rings. The molecule has 1 atom stereocenters. The molecule has 2 aromatic rings. The number of rotatable bonds is 8. The number of benzene rings is 1. The zero-order valence-electron chi connectivity index (χ0n) is 19.6. The minimum atomic E-state index is 0. The van der Waals surface area contributed by atoms with Gasteiger partial charge in [-0.3, -0.25) is 14.8 Å². The lowest BCUT2D eigenvalue weighted by Gasteiger charge is -2.34. The first-order valence-electron chi connectivity index (χ1n) is 11.8. The van der Waals surface area contributed by atoms with Crippen molar-refractivity contribution in [2.75, 3.05) is 70.9 Å². The van der Waals surface area contributed by atoms with Gasteiger partial charge in [-0.1, -0.05) is 30.3 Å². The van der Waals surface area contributed by atoms with E-state index in [1.807, 2.05) is 25.5 Å². The molecule has 9 heteroatoms. The highest BCUT2D eigenvalue weighted by molar-refractivity contribution is 14.0. The number of guanidine groups is 1. The summed E-state index contributed by atoms with van der Waals surface area (Å²) in [4.78, 5) is 20.5. The Bertz CT molecular complexity index is 821. The molecule has 0 aliphatic carbocycles. The molecule has 0 bridgehead atoms. The van der Waals surface area contributed by atoms with Crippen molar-refractivity contribution >= 4 is 35.9 Å². The van der Waals surface area contributed by atoms with Crippen molar-refractivity contribution < 1.29 is 0 Å². The van der Waals surface area contributed by atoms with Gasteiger partial charge in [0, 0.05) is 65.3 Å². The van der Waals surface area contributed by atoms with E-state index in [0.717, 1.165) is 57.7 Å². The molecule has 180 valence electrons. The number of nitrogens with zero attached hydrogens (tertiary/aromatic N) is 6. The predicted octanol–water partition coefficient (Wildman–Crippen LogP) is 2.22. The zero-order chi connectivity index (χ0) is 22.0. The Morgan fingerprint density at radius 2 is 1.64 bits per heavy atom. The van der Waals surface area contributed by atoms with E-state index in [1.54, 1.807) is 0 Å².